The molecule has 0 aliphatic heterocycles. The predicted octanol–water partition coefficient (Wildman–Crippen LogP) is 5.68. The molecular formula is C24H19ClN4O2S. The Morgan fingerprint density at radius 3 is 2.22 bits per heavy atom. The summed E-state index contributed by atoms with van der Waals surface area (Å²) in [6, 6.07) is 20.5. The molecular weight excluding hydrogens is 444 g/mol. The number of rotatable bonds is 5. The first-order chi connectivity index (χ1) is 15.3. The second-order valence-electron chi connectivity index (χ2n) is 7.38. The Morgan fingerprint density at radius 1 is 0.938 bits per heavy atom. The van der Waals surface area contributed by atoms with E-state index in [0.29, 0.717) is 16.1 Å². The van der Waals surface area contributed by atoms with Crippen LogP contribution in [-0.2, 0) is 9.84 Å². The Morgan fingerprint density at radius 2 is 1.59 bits per heavy atom. The number of para-hydroxylation sites is 2. The summed E-state index contributed by atoms with van der Waals surface area (Å²) in [5.41, 5.74) is 4.04. The van der Waals surface area contributed by atoms with Crippen molar-refractivity contribution in [2.24, 2.45) is 0 Å². The lowest BCUT2D eigenvalue weighted by molar-refractivity contribution is 0.590. The number of hydrogen-bond acceptors (Lipinski definition) is 6. The zero-order chi connectivity index (χ0) is 22.9. The molecule has 1 aromatic heterocycles. The third-order valence-electron chi connectivity index (χ3n) is 5.19. The fourth-order valence-electron chi connectivity index (χ4n) is 3.28. The molecule has 8 heteroatoms. The Kier molecular flexibility index (Phi) is 5.83. The smallest absolute Gasteiger partial charge is 0.200 e. The van der Waals surface area contributed by atoms with Gasteiger partial charge in [-0.25, -0.2) is 18.4 Å². The van der Waals surface area contributed by atoms with Gasteiger partial charge in [0.25, 0.3) is 0 Å². The summed E-state index contributed by atoms with van der Waals surface area (Å²) in [7, 11) is -4.08. The lowest BCUT2D eigenvalue weighted by Crippen LogP contribution is -2.16. The first kappa shape index (κ1) is 21.8. The van der Waals surface area contributed by atoms with Crippen LogP contribution in [0.15, 0.2) is 71.6 Å². The molecule has 0 saturated carbocycles. The number of halogens is 1. The van der Waals surface area contributed by atoms with Crippen LogP contribution in [0.3, 0.4) is 0 Å². The minimum Gasteiger partial charge on any atom is -0.339 e. The molecule has 0 amide bonds. The maximum atomic E-state index is 13.4. The van der Waals surface area contributed by atoms with Gasteiger partial charge in [-0.05, 0) is 73.5 Å². The lowest BCUT2D eigenvalue weighted by atomic mass is 10.1. The molecule has 4 rings (SSSR count). The van der Waals surface area contributed by atoms with Gasteiger partial charge in [0.2, 0.25) is 9.84 Å². The molecule has 3 aromatic carbocycles. The van der Waals surface area contributed by atoms with Crippen molar-refractivity contribution in [3.8, 4) is 6.07 Å². The van der Waals surface area contributed by atoms with Crippen molar-refractivity contribution < 1.29 is 8.42 Å². The largest absolute Gasteiger partial charge is 0.339 e. The monoisotopic (exact) mass is 462 g/mol. The quantitative estimate of drug-likeness (QED) is 0.409. The third kappa shape index (κ3) is 4.15. The third-order valence-corrected chi connectivity index (χ3v) is 7.32. The van der Waals surface area contributed by atoms with Crippen LogP contribution >= 0.6 is 11.6 Å². The van der Waals surface area contributed by atoms with Gasteiger partial charge in [0.1, 0.15) is 5.69 Å². The van der Waals surface area contributed by atoms with Crippen LogP contribution in [0.5, 0.6) is 0 Å². The van der Waals surface area contributed by atoms with Crippen LogP contribution in [-0.4, -0.2) is 18.4 Å². The highest BCUT2D eigenvalue weighted by atomic mass is 35.5. The Bertz CT molecular complexity index is 1460. The van der Waals surface area contributed by atoms with E-state index < -0.39 is 15.1 Å². The first-order valence-corrected chi connectivity index (χ1v) is 11.7. The van der Waals surface area contributed by atoms with Crippen LogP contribution in [0.1, 0.15) is 22.1 Å². The number of nitriles is 1. The Labute approximate surface area is 191 Å². The van der Waals surface area contributed by atoms with Crippen molar-refractivity contribution in [1.29, 1.82) is 5.26 Å². The molecule has 0 saturated heterocycles. The molecule has 1 atom stereocenters. The van der Waals surface area contributed by atoms with Gasteiger partial charge in [-0.2, -0.15) is 5.26 Å². The van der Waals surface area contributed by atoms with Crippen molar-refractivity contribution in [2.45, 2.75) is 24.0 Å². The van der Waals surface area contributed by atoms with Gasteiger partial charge >= 0.3 is 0 Å². The van der Waals surface area contributed by atoms with Crippen LogP contribution in [0, 0.1) is 25.2 Å². The summed E-state index contributed by atoms with van der Waals surface area (Å²) in [5, 5.41) is 11.9. The number of aromatic nitrogens is 2. The van der Waals surface area contributed by atoms with Crippen molar-refractivity contribution in [1.82, 2.24) is 9.97 Å². The molecule has 160 valence electrons. The molecule has 0 bridgehead atoms. The fraction of sp³-hybridized carbons (Fsp3) is 0.125. The van der Waals surface area contributed by atoms with E-state index in [0.717, 1.165) is 16.8 Å². The van der Waals surface area contributed by atoms with E-state index in [1.54, 1.807) is 18.2 Å². The van der Waals surface area contributed by atoms with Crippen LogP contribution in [0.4, 0.5) is 11.5 Å². The molecule has 6 nitrogen and oxygen atoms in total. The topological polar surface area (TPSA) is 95.7 Å². The summed E-state index contributed by atoms with van der Waals surface area (Å²) in [6.45, 7) is 3.99. The average Bonchev–Trinajstić information content (AvgIpc) is 2.77. The SMILES string of the molecule is Cc1ccc(Nc2nc3ccccc3nc2C(C#N)S(=O)(=O)c2ccc(Cl)cc2)cc1C. The highest BCUT2D eigenvalue weighted by Gasteiger charge is 2.33. The number of nitrogens with zero attached hydrogens (tertiary/aromatic N) is 3. The number of aryl methyl sites for hydroxylation is 2. The summed E-state index contributed by atoms with van der Waals surface area (Å²) in [6.07, 6.45) is 0. The maximum absolute atomic E-state index is 13.4. The van der Waals surface area contributed by atoms with E-state index in [-0.39, 0.29) is 16.4 Å². The van der Waals surface area contributed by atoms with Gasteiger partial charge in [0.15, 0.2) is 11.1 Å². The van der Waals surface area contributed by atoms with Gasteiger partial charge in [-0.1, -0.05) is 29.8 Å². The normalized spacial score (nSPS) is 12.3. The van der Waals surface area contributed by atoms with E-state index in [9.17, 15) is 13.7 Å². The molecule has 1 heterocycles. The first-order valence-electron chi connectivity index (χ1n) is 9.79. The van der Waals surface area contributed by atoms with Crippen molar-refractivity contribution >= 4 is 44.0 Å². The Hall–Kier alpha value is -3.47. The zero-order valence-corrected chi connectivity index (χ0v) is 18.9. The van der Waals surface area contributed by atoms with Crippen LogP contribution < -0.4 is 5.32 Å². The molecule has 1 N–H and O–H groups in total. The molecule has 0 aliphatic carbocycles. The molecule has 0 aliphatic rings. The number of nitrogens with one attached hydrogen (secondary N) is 1. The summed E-state index contributed by atoms with van der Waals surface area (Å²) >= 11 is 5.90. The van der Waals surface area contributed by atoms with E-state index in [4.69, 9.17) is 11.6 Å². The summed E-state index contributed by atoms with van der Waals surface area (Å²) < 4.78 is 26.7. The van der Waals surface area contributed by atoms with Gasteiger partial charge in [-0.3, -0.25) is 0 Å². The number of anilines is 2. The second kappa shape index (κ2) is 8.58. The van der Waals surface area contributed by atoms with Crippen molar-refractivity contribution in [2.75, 3.05) is 5.32 Å². The second-order valence-corrected chi connectivity index (χ2v) is 9.85. The highest BCUT2D eigenvalue weighted by molar-refractivity contribution is 7.92. The maximum Gasteiger partial charge on any atom is 0.200 e. The van der Waals surface area contributed by atoms with E-state index >= 15 is 0 Å². The molecule has 4 aromatic rings. The summed E-state index contributed by atoms with van der Waals surface area (Å²) in [5.74, 6) is 0.219. The van der Waals surface area contributed by atoms with Gasteiger partial charge in [0, 0.05) is 10.7 Å². The zero-order valence-electron chi connectivity index (χ0n) is 17.4. The van der Waals surface area contributed by atoms with Crippen molar-refractivity contribution in [3.63, 3.8) is 0 Å². The minimum absolute atomic E-state index is 0.0134. The highest BCUT2D eigenvalue weighted by Crippen LogP contribution is 2.34. The standard InChI is InChI=1S/C24H19ClN4O2S/c1-15-7-10-18(13-16(15)2)27-24-23(28-20-5-3-4-6-21(20)29-24)22(14-26)32(30,31)19-11-8-17(25)9-12-19/h3-13,22H,1-2H3,(H,27,29). The van der Waals surface area contributed by atoms with E-state index in [1.807, 2.05) is 44.2 Å². The molecule has 32 heavy (non-hydrogen) atoms. The summed E-state index contributed by atoms with van der Waals surface area (Å²) in [4.78, 5) is 9.13. The van der Waals surface area contributed by atoms with E-state index in [2.05, 4.69) is 15.3 Å². The van der Waals surface area contributed by atoms with Gasteiger partial charge in [-0.15, -0.1) is 0 Å². The van der Waals surface area contributed by atoms with Gasteiger partial charge in [0.05, 0.1) is 22.0 Å². The van der Waals surface area contributed by atoms with Crippen molar-refractivity contribution in [3.05, 3.63) is 88.6 Å². The molecule has 0 spiro atoms. The molecule has 1 unspecified atom stereocenters. The average molecular weight is 463 g/mol. The fourth-order valence-corrected chi connectivity index (χ4v) is 4.79. The van der Waals surface area contributed by atoms with E-state index in [1.165, 1.54) is 24.3 Å². The number of hydrogen-bond donors (Lipinski definition) is 1. The van der Waals surface area contributed by atoms with Crippen LogP contribution in [0.25, 0.3) is 11.0 Å². The van der Waals surface area contributed by atoms with Gasteiger partial charge < -0.3 is 5.32 Å². The lowest BCUT2D eigenvalue weighted by Gasteiger charge is -2.16. The minimum atomic E-state index is -4.08. The van der Waals surface area contributed by atoms with Crippen LogP contribution in [0.2, 0.25) is 5.02 Å². The number of benzene rings is 3. The number of sulfone groups is 1. The number of fused-ring (bicyclic) bond motifs is 1. The molecule has 0 radical (unpaired) electrons. The molecule has 0 fully saturated rings. The predicted molar refractivity (Wildman–Crippen MR) is 126 cm³/mol. The Balaban J connectivity index is 1.88.